The lowest BCUT2D eigenvalue weighted by molar-refractivity contribution is 0.455. The lowest BCUT2D eigenvalue weighted by atomic mass is 9.86. The van der Waals surface area contributed by atoms with E-state index in [4.69, 9.17) is 10.5 Å². The van der Waals surface area contributed by atoms with E-state index >= 15 is 0 Å². The van der Waals surface area contributed by atoms with Crippen molar-refractivity contribution in [1.29, 1.82) is 0 Å². The van der Waals surface area contributed by atoms with Crippen LogP contribution >= 0.6 is 0 Å². The summed E-state index contributed by atoms with van der Waals surface area (Å²) in [6, 6.07) is 13.9. The van der Waals surface area contributed by atoms with Gasteiger partial charge in [0.2, 0.25) is 0 Å². The van der Waals surface area contributed by atoms with Crippen LogP contribution in [0, 0.1) is 6.92 Å². The summed E-state index contributed by atoms with van der Waals surface area (Å²) in [5.41, 5.74) is 8.90. The van der Waals surface area contributed by atoms with Gasteiger partial charge in [-0.2, -0.15) is 0 Å². The monoisotopic (exact) mass is 255 g/mol. The Hall–Kier alpha value is -1.96. The highest BCUT2D eigenvalue weighted by atomic mass is 16.5. The second kappa shape index (κ2) is 4.96. The van der Waals surface area contributed by atoms with Gasteiger partial charge in [0.1, 0.15) is 11.5 Å². The van der Waals surface area contributed by atoms with E-state index in [1.165, 1.54) is 5.56 Å². The van der Waals surface area contributed by atoms with E-state index < -0.39 is 0 Å². The van der Waals surface area contributed by atoms with Crippen molar-refractivity contribution in [3.8, 4) is 11.5 Å². The number of rotatable bonds is 2. The van der Waals surface area contributed by atoms with E-state index in [1.807, 2.05) is 43.3 Å². The van der Waals surface area contributed by atoms with Gasteiger partial charge in [0.05, 0.1) is 0 Å². The third-order valence-corrected chi connectivity index (χ3v) is 3.16. The van der Waals surface area contributed by atoms with Crippen molar-refractivity contribution in [2.24, 2.45) is 0 Å². The molecule has 2 heteroatoms. The normalized spacial score (nSPS) is 11.4. The first-order valence-corrected chi connectivity index (χ1v) is 6.51. The van der Waals surface area contributed by atoms with E-state index in [2.05, 4.69) is 26.8 Å². The Balaban J connectivity index is 2.36. The van der Waals surface area contributed by atoms with Gasteiger partial charge in [-0.05, 0) is 42.2 Å². The number of ether oxygens (including phenoxy) is 1. The summed E-state index contributed by atoms with van der Waals surface area (Å²) >= 11 is 0. The first-order valence-electron chi connectivity index (χ1n) is 6.51. The highest BCUT2D eigenvalue weighted by Gasteiger charge is 2.18. The number of nitrogen functional groups attached to an aromatic ring is 1. The fraction of sp³-hybridized carbons (Fsp3) is 0.294. The maximum Gasteiger partial charge on any atom is 0.131 e. The topological polar surface area (TPSA) is 35.2 Å². The molecule has 100 valence electrons. The van der Waals surface area contributed by atoms with Crippen LogP contribution in [0.5, 0.6) is 11.5 Å². The Morgan fingerprint density at radius 2 is 1.68 bits per heavy atom. The van der Waals surface area contributed by atoms with Crippen molar-refractivity contribution in [3.05, 3.63) is 53.6 Å². The summed E-state index contributed by atoms with van der Waals surface area (Å²) in [6.45, 7) is 8.54. The lowest BCUT2D eigenvalue weighted by Crippen LogP contribution is -2.12. The SMILES string of the molecule is Cc1cc(Oc2ccccc2C(C)(C)C)ccc1N. The van der Waals surface area contributed by atoms with Crippen LogP contribution in [0.15, 0.2) is 42.5 Å². The molecule has 0 unspecified atom stereocenters. The predicted molar refractivity (Wildman–Crippen MR) is 80.8 cm³/mol. The van der Waals surface area contributed by atoms with Gasteiger partial charge in [0, 0.05) is 11.3 Å². The Morgan fingerprint density at radius 3 is 2.32 bits per heavy atom. The molecule has 0 atom stereocenters. The molecule has 2 aromatic rings. The minimum Gasteiger partial charge on any atom is -0.457 e. The Labute approximate surface area is 115 Å². The van der Waals surface area contributed by atoms with Gasteiger partial charge in [-0.25, -0.2) is 0 Å². The van der Waals surface area contributed by atoms with Crippen molar-refractivity contribution in [2.45, 2.75) is 33.1 Å². The summed E-state index contributed by atoms with van der Waals surface area (Å²) < 4.78 is 6.02. The summed E-state index contributed by atoms with van der Waals surface area (Å²) in [6.07, 6.45) is 0. The van der Waals surface area contributed by atoms with Crippen LogP contribution in [0.25, 0.3) is 0 Å². The van der Waals surface area contributed by atoms with Crippen LogP contribution < -0.4 is 10.5 Å². The van der Waals surface area contributed by atoms with Crippen molar-refractivity contribution in [2.75, 3.05) is 5.73 Å². The fourth-order valence-electron chi connectivity index (χ4n) is 2.01. The molecule has 0 aromatic heterocycles. The number of para-hydroxylation sites is 1. The number of nitrogens with two attached hydrogens (primary N) is 1. The quantitative estimate of drug-likeness (QED) is 0.792. The van der Waals surface area contributed by atoms with E-state index in [1.54, 1.807) is 0 Å². The molecule has 2 N–H and O–H groups in total. The Morgan fingerprint density at radius 1 is 1.00 bits per heavy atom. The number of hydrogen-bond acceptors (Lipinski definition) is 2. The van der Waals surface area contributed by atoms with Gasteiger partial charge in [-0.1, -0.05) is 39.0 Å². The smallest absolute Gasteiger partial charge is 0.131 e. The zero-order valence-electron chi connectivity index (χ0n) is 12.0. The van der Waals surface area contributed by atoms with Gasteiger partial charge in [-0.3, -0.25) is 0 Å². The first kappa shape index (κ1) is 13.5. The van der Waals surface area contributed by atoms with Crippen LogP contribution in [0.1, 0.15) is 31.9 Å². The van der Waals surface area contributed by atoms with Gasteiger partial charge >= 0.3 is 0 Å². The van der Waals surface area contributed by atoms with E-state index in [0.29, 0.717) is 0 Å². The fourth-order valence-corrected chi connectivity index (χ4v) is 2.01. The standard InChI is InChI=1S/C17H21NO/c1-12-11-13(9-10-15(12)18)19-16-8-6-5-7-14(16)17(2,3)4/h5-11H,18H2,1-4H3. The van der Waals surface area contributed by atoms with E-state index in [0.717, 1.165) is 22.7 Å². The molecule has 0 aliphatic carbocycles. The number of hydrogen-bond donors (Lipinski definition) is 1. The molecule has 2 aromatic carbocycles. The van der Waals surface area contributed by atoms with Crippen LogP contribution in [0.3, 0.4) is 0 Å². The van der Waals surface area contributed by atoms with Crippen LogP contribution in [-0.2, 0) is 5.41 Å². The van der Waals surface area contributed by atoms with Gasteiger partial charge in [0.25, 0.3) is 0 Å². The van der Waals surface area contributed by atoms with Crippen LogP contribution in [0.2, 0.25) is 0 Å². The summed E-state index contributed by atoms with van der Waals surface area (Å²) in [7, 11) is 0. The minimum absolute atomic E-state index is 0.0550. The third kappa shape index (κ3) is 3.08. The Kier molecular flexibility index (Phi) is 3.52. The van der Waals surface area contributed by atoms with E-state index in [9.17, 15) is 0 Å². The summed E-state index contributed by atoms with van der Waals surface area (Å²) in [5.74, 6) is 1.72. The molecular formula is C17H21NO. The number of anilines is 1. The van der Waals surface area contributed by atoms with Crippen molar-refractivity contribution in [3.63, 3.8) is 0 Å². The predicted octanol–water partition coefficient (Wildman–Crippen LogP) is 4.67. The highest BCUT2D eigenvalue weighted by Crippen LogP contribution is 2.34. The second-order valence-electron chi connectivity index (χ2n) is 5.87. The highest BCUT2D eigenvalue weighted by molar-refractivity contribution is 5.51. The van der Waals surface area contributed by atoms with Crippen LogP contribution in [-0.4, -0.2) is 0 Å². The lowest BCUT2D eigenvalue weighted by Gasteiger charge is -2.22. The Bertz CT molecular complexity index is 582. The van der Waals surface area contributed by atoms with Crippen molar-refractivity contribution in [1.82, 2.24) is 0 Å². The molecular weight excluding hydrogens is 234 g/mol. The molecule has 0 bridgehead atoms. The maximum absolute atomic E-state index is 6.02. The minimum atomic E-state index is 0.0550. The van der Waals surface area contributed by atoms with Crippen molar-refractivity contribution >= 4 is 5.69 Å². The molecule has 0 aliphatic rings. The van der Waals surface area contributed by atoms with E-state index in [-0.39, 0.29) is 5.41 Å². The van der Waals surface area contributed by atoms with Gasteiger partial charge < -0.3 is 10.5 Å². The molecule has 0 radical (unpaired) electrons. The molecule has 0 fully saturated rings. The molecule has 0 aliphatic heterocycles. The average Bonchev–Trinajstić information content (AvgIpc) is 2.33. The largest absolute Gasteiger partial charge is 0.457 e. The molecule has 19 heavy (non-hydrogen) atoms. The molecule has 0 amide bonds. The second-order valence-corrected chi connectivity index (χ2v) is 5.87. The molecule has 0 heterocycles. The van der Waals surface area contributed by atoms with Crippen LogP contribution in [0.4, 0.5) is 5.69 Å². The zero-order valence-corrected chi connectivity index (χ0v) is 12.0. The summed E-state index contributed by atoms with van der Waals surface area (Å²) in [4.78, 5) is 0. The molecule has 0 spiro atoms. The molecule has 0 saturated heterocycles. The molecule has 0 saturated carbocycles. The number of benzene rings is 2. The molecule has 2 rings (SSSR count). The van der Waals surface area contributed by atoms with Gasteiger partial charge in [-0.15, -0.1) is 0 Å². The number of aryl methyl sites for hydroxylation is 1. The summed E-state index contributed by atoms with van der Waals surface area (Å²) in [5, 5.41) is 0. The van der Waals surface area contributed by atoms with Crippen molar-refractivity contribution < 1.29 is 4.74 Å². The maximum atomic E-state index is 6.02. The first-order chi connectivity index (χ1) is 8.88. The average molecular weight is 255 g/mol. The third-order valence-electron chi connectivity index (χ3n) is 3.16. The van der Waals surface area contributed by atoms with Gasteiger partial charge in [0.15, 0.2) is 0 Å². The zero-order chi connectivity index (χ0) is 14.0. The molecule has 2 nitrogen and oxygen atoms in total.